The molecule has 0 radical (unpaired) electrons. The molecule has 0 aliphatic heterocycles. The highest BCUT2D eigenvalue weighted by molar-refractivity contribution is 14.0. The number of esters is 1. The van der Waals surface area contributed by atoms with E-state index in [0.29, 0.717) is 26.0 Å². The number of ether oxygens (including phenoxy) is 3. The Morgan fingerprint density at radius 3 is 2.48 bits per heavy atom. The number of hydrogen-bond donors (Lipinski definition) is 2. The predicted molar refractivity (Wildman–Crippen MR) is 119 cm³/mol. The standard InChI is InChI=1S/C19H31N3O4.HI/c1-5-20-19(21-12-7-8-18(23)26-6-2)22-13-11-15-9-10-16(24-3)17(14-15)25-4;/h9-10,14H,5-8,11-13H2,1-4H3,(H2,20,21,22);1H. The average molecular weight is 493 g/mol. The zero-order chi connectivity index (χ0) is 19.2. The number of methoxy groups -OCH3 is 2. The van der Waals surface area contributed by atoms with Gasteiger partial charge in [-0.3, -0.25) is 9.79 Å². The first-order valence-electron chi connectivity index (χ1n) is 9.03. The number of nitrogens with zero attached hydrogens (tertiary/aromatic N) is 1. The molecular formula is C19H32IN3O4. The molecule has 7 nitrogen and oxygen atoms in total. The van der Waals surface area contributed by atoms with Crippen LogP contribution in [0.15, 0.2) is 23.2 Å². The highest BCUT2D eigenvalue weighted by atomic mass is 127. The normalized spacial score (nSPS) is 10.6. The Hall–Kier alpha value is -1.71. The number of guanidine groups is 1. The van der Waals surface area contributed by atoms with Crippen LogP contribution in [0.4, 0.5) is 0 Å². The van der Waals surface area contributed by atoms with E-state index in [1.807, 2.05) is 32.0 Å². The lowest BCUT2D eigenvalue weighted by atomic mass is 10.1. The summed E-state index contributed by atoms with van der Waals surface area (Å²) in [4.78, 5) is 15.8. The van der Waals surface area contributed by atoms with E-state index in [-0.39, 0.29) is 29.9 Å². The second-order valence-corrected chi connectivity index (χ2v) is 5.54. The zero-order valence-corrected chi connectivity index (χ0v) is 19.0. The first kappa shape index (κ1) is 25.3. The number of carbonyl (C=O) groups excluding carboxylic acids is 1. The Kier molecular flexibility index (Phi) is 14.4. The van der Waals surface area contributed by atoms with Crippen molar-refractivity contribution < 1.29 is 19.0 Å². The van der Waals surface area contributed by atoms with Crippen molar-refractivity contribution in [1.82, 2.24) is 10.6 Å². The highest BCUT2D eigenvalue weighted by Gasteiger charge is 2.05. The molecule has 0 amide bonds. The van der Waals surface area contributed by atoms with Crippen LogP contribution in [-0.2, 0) is 16.0 Å². The van der Waals surface area contributed by atoms with Gasteiger partial charge >= 0.3 is 5.97 Å². The van der Waals surface area contributed by atoms with Crippen molar-refractivity contribution in [3.63, 3.8) is 0 Å². The van der Waals surface area contributed by atoms with Gasteiger partial charge in [-0.1, -0.05) is 6.07 Å². The van der Waals surface area contributed by atoms with Gasteiger partial charge in [-0.15, -0.1) is 24.0 Å². The minimum absolute atomic E-state index is 0. The quantitative estimate of drug-likeness (QED) is 0.162. The Bertz CT molecular complexity index is 582. The molecule has 0 aromatic heterocycles. The fourth-order valence-corrected chi connectivity index (χ4v) is 2.35. The minimum Gasteiger partial charge on any atom is -0.493 e. The molecule has 1 rings (SSSR count). The molecule has 8 heteroatoms. The van der Waals surface area contributed by atoms with Gasteiger partial charge in [-0.2, -0.15) is 0 Å². The zero-order valence-electron chi connectivity index (χ0n) is 16.7. The molecule has 0 saturated carbocycles. The van der Waals surface area contributed by atoms with Crippen molar-refractivity contribution in [2.24, 2.45) is 4.99 Å². The first-order chi connectivity index (χ1) is 12.6. The van der Waals surface area contributed by atoms with E-state index < -0.39 is 0 Å². The van der Waals surface area contributed by atoms with Crippen LogP contribution in [0, 0.1) is 0 Å². The maximum Gasteiger partial charge on any atom is 0.305 e. The van der Waals surface area contributed by atoms with Crippen LogP contribution >= 0.6 is 24.0 Å². The summed E-state index contributed by atoms with van der Waals surface area (Å²) >= 11 is 0. The molecule has 0 unspecified atom stereocenters. The van der Waals surface area contributed by atoms with Gasteiger partial charge in [0.15, 0.2) is 17.5 Å². The maximum absolute atomic E-state index is 11.3. The van der Waals surface area contributed by atoms with Gasteiger partial charge in [-0.25, -0.2) is 0 Å². The smallest absolute Gasteiger partial charge is 0.305 e. The predicted octanol–water partition coefficient (Wildman–Crippen LogP) is 2.76. The Morgan fingerprint density at radius 2 is 1.85 bits per heavy atom. The fraction of sp³-hybridized carbons (Fsp3) is 0.579. The monoisotopic (exact) mass is 493 g/mol. The third kappa shape index (κ3) is 10.3. The lowest BCUT2D eigenvalue weighted by molar-refractivity contribution is -0.143. The largest absolute Gasteiger partial charge is 0.493 e. The summed E-state index contributed by atoms with van der Waals surface area (Å²) in [6, 6.07) is 5.90. The van der Waals surface area contributed by atoms with Crippen molar-refractivity contribution in [2.75, 3.05) is 40.5 Å². The number of halogens is 1. The molecule has 154 valence electrons. The van der Waals surface area contributed by atoms with Gasteiger partial charge in [-0.05, 0) is 44.4 Å². The summed E-state index contributed by atoms with van der Waals surface area (Å²) in [5.74, 6) is 2.02. The number of aliphatic imine (C=N–C) groups is 1. The number of nitrogens with one attached hydrogen (secondary N) is 2. The van der Waals surface area contributed by atoms with Gasteiger partial charge in [0, 0.05) is 26.1 Å². The Morgan fingerprint density at radius 1 is 1.11 bits per heavy atom. The van der Waals surface area contributed by atoms with Crippen LogP contribution in [0.2, 0.25) is 0 Å². The van der Waals surface area contributed by atoms with Crippen LogP contribution in [-0.4, -0.2) is 52.4 Å². The van der Waals surface area contributed by atoms with Gasteiger partial charge in [0.2, 0.25) is 0 Å². The van der Waals surface area contributed by atoms with Crippen molar-refractivity contribution in [3.8, 4) is 11.5 Å². The molecule has 1 aromatic rings. The van der Waals surface area contributed by atoms with E-state index in [4.69, 9.17) is 14.2 Å². The van der Waals surface area contributed by atoms with E-state index in [9.17, 15) is 4.79 Å². The molecule has 0 aliphatic carbocycles. The molecule has 0 aliphatic rings. The molecule has 0 bridgehead atoms. The Balaban J connectivity index is 0.00000676. The van der Waals surface area contributed by atoms with Crippen LogP contribution in [0.5, 0.6) is 11.5 Å². The molecule has 27 heavy (non-hydrogen) atoms. The SMILES string of the molecule is CCNC(=NCCCC(=O)OCC)NCCc1ccc(OC)c(OC)c1.I. The molecule has 1 aromatic carbocycles. The molecule has 0 heterocycles. The maximum atomic E-state index is 11.3. The van der Waals surface area contributed by atoms with E-state index >= 15 is 0 Å². The fourth-order valence-electron chi connectivity index (χ4n) is 2.35. The van der Waals surface area contributed by atoms with Crippen molar-refractivity contribution >= 4 is 35.9 Å². The van der Waals surface area contributed by atoms with Gasteiger partial charge < -0.3 is 24.8 Å². The van der Waals surface area contributed by atoms with Crippen LogP contribution < -0.4 is 20.1 Å². The summed E-state index contributed by atoms with van der Waals surface area (Å²) in [5.41, 5.74) is 1.15. The number of rotatable bonds is 11. The van der Waals surface area contributed by atoms with E-state index in [2.05, 4.69) is 15.6 Å². The van der Waals surface area contributed by atoms with Crippen LogP contribution in [0.1, 0.15) is 32.3 Å². The summed E-state index contributed by atoms with van der Waals surface area (Å²) < 4.78 is 15.5. The number of carbonyl (C=O) groups is 1. The molecule has 0 spiro atoms. The average Bonchev–Trinajstić information content (AvgIpc) is 2.65. The molecule has 0 atom stereocenters. The third-order valence-electron chi connectivity index (χ3n) is 3.61. The second-order valence-electron chi connectivity index (χ2n) is 5.54. The van der Waals surface area contributed by atoms with Crippen molar-refractivity contribution in [1.29, 1.82) is 0 Å². The van der Waals surface area contributed by atoms with Crippen LogP contribution in [0.3, 0.4) is 0 Å². The first-order valence-corrected chi connectivity index (χ1v) is 9.03. The van der Waals surface area contributed by atoms with Crippen molar-refractivity contribution in [3.05, 3.63) is 23.8 Å². The third-order valence-corrected chi connectivity index (χ3v) is 3.61. The molecule has 0 saturated heterocycles. The summed E-state index contributed by atoms with van der Waals surface area (Å²) in [5, 5.41) is 6.50. The van der Waals surface area contributed by atoms with Crippen LogP contribution in [0.25, 0.3) is 0 Å². The summed E-state index contributed by atoms with van der Waals surface area (Å²) in [6.07, 6.45) is 1.89. The number of benzene rings is 1. The van der Waals surface area contributed by atoms with E-state index in [0.717, 1.165) is 42.5 Å². The summed E-state index contributed by atoms with van der Waals surface area (Å²) in [7, 11) is 3.26. The van der Waals surface area contributed by atoms with Gasteiger partial charge in [0.1, 0.15) is 0 Å². The number of hydrogen-bond acceptors (Lipinski definition) is 5. The minimum atomic E-state index is -0.172. The molecule has 2 N–H and O–H groups in total. The van der Waals surface area contributed by atoms with E-state index in [1.54, 1.807) is 14.2 Å². The lowest BCUT2D eigenvalue weighted by Gasteiger charge is -2.12. The highest BCUT2D eigenvalue weighted by Crippen LogP contribution is 2.27. The second kappa shape index (κ2) is 15.4. The summed E-state index contributed by atoms with van der Waals surface area (Å²) in [6.45, 7) is 6.33. The topological polar surface area (TPSA) is 81.2 Å². The van der Waals surface area contributed by atoms with E-state index in [1.165, 1.54) is 0 Å². The van der Waals surface area contributed by atoms with Gasteiger partial charge in [0.05, 0.1) is 20.8 Å². The lowest BCUT2D eigenvalue weighted by Crippen LogP contribution is -2.38. The van der Waals surface area contributed by atoms with Gasteiger partial charge in [0.25, 0.3) is 0 Å². The molecular weight excluding hydrogens is 461 g/mol. The Labute approximate surface area is 179 Å². The molecule has 0 fully saturated rings. The van der Waals surface area contributed by atoms with Crippen molar-refractivity contribution in [2.45, 2.75) is 33.1 Å².